The van der Waals surface area contributed by atoms with Gasteiger partial charge in [0.25, 0.3) is 0 Å². The SMILES string of the molecule is CCC(Cc1ccccc1)N(CC)C(=O)CCCN.Cl. The third-order valence-electron chi connectivity index (χ3n) is 3.48. The van der Waals surface area contributed by atoms with Crippen molar-refractivity contribution in [3.63, 3.8) is 0 Å². The normalized spacial score (nSPS) is 11.6. The Bertz CT molecular complexity index is 370. The molecule has 1 atom stereocenters. The van der Waals surface area contributed by atoms with Gasteiger partial charge < -0.3 is 10.6 Å². The average molecular weight is 299 g/mol. The highest BCUT2D eigenvalue weighted by atomic mass is 35.5. The molecule has 1 aromatic rings. The van der Waals surface area contributed by atoms with E-state index < -0.39 is 0 Å². The maximum atomic E-state index is 12.2. The minimum absolute atomic E-state index is 0. The molecule has 0 aliphatic rings. The Morgan fingerprint density at radius 1 is 1.25 bits per heavy atom. The number of rotatable bonds is 8. The van der Waals surface area contributed by atoms with E-state index in [4.69, 9.17) is 5.73 Å². The number of hydrogen-bond donors (Lipinski definition) is 1. The zero-order valence-electron chi connectivity index (χ0n) is 12.5. The van der Waals surface area contributed by atoms with E-state index in [0.717, 1.165) is 25.8 Å². The second kappa shape index (κ2) is 10.7. The largest absolute Gasteiger partial charge is 0.340 e. The quantitative estimate of drug-likeness (QED) is 0.802. The maximum Gasteiger partial charge on any atom is 0.222 e. The molecule has 4 heteroatoms. The van der Waals surface area contributed by atoms with Gasteiger partial charge in [-0.3, -0.25) is 4.79 Å². The Labute approximate surface area is 128 Å². The Balaban J connectivity index is 0.00000361. The van der Waals surface area contributed by atoms with Crippen molar-refractivity contribution in [1.29, 1.82) is 0 Å². The molecule has 0 saturated heterocycles. The van der Waals surface area contributed by atoms with Gasteiger partial charge in [-0.05, 0) is 38.3 Å². The summed E-state index contributed by atoms with van der Waals surface area (Å²) in [7, 11) is 0. The van der Waals surface area contributed by atoms with E-state index in [2.05, 4.69) is 31.2 Å². The monoisotopic (exact) mass is 298 g/mol. The van der Waals surface area contributed by atoms with E-state index in [1.54, 1.807) is 0 Å². The van der Waals surface area contributed by atoms with Gasteiger partial charge in [-0.2, -0.15) is 0 Å². The second-order valence-electron chi connectivity index (χ2n) is 4.82. The first-order chi connectivity index (χ1) is 9.22. The van der Waals surface area contributed by atoms with E-state index >= 15 is 0 Å². The smallest absolute Gasteiger partial charge is 0.222 e. The Morgan fingerprint density at radius 2 is 1.90 bits per heavy atom. The molecule has 0 aromatic heterocycles. The van der Waals surface area contributed by atoms with Crippen molar-refractivity contribution in [2.75, 3.05) is 13.1 Å². The van der Waals surface area contributed by atoms with Crippen LogP contribution in [0, 0.1) is 0 Å². The lowest BCUT2D eigenvalue weighted by Gasteiger charge is -2.30. The molecule has 3 nitrogen and oxygen atoms in total. The van der Waals surface area contributed by atoms with Crippen molar-refractivity contribution in [2.45, 2.75) is 45.6 Å². The lowest BCUT2D eigenvalue weighted by Crippen LogP contribution is -2.41. The molecule has 0 fully saturated rings. The first-order valence-corrected chi connectivity index (χ1v) is 7.26. The fourth-order valence-corrected chi connectivity index (χ4v) is 2.40. The lowest BCUT2D eigenvalue weighted by atomic mass is 10.0. The van der Waals surface area contributed by atoms with E-state index in [9.17, 15) is 4.79 Å². The average Bonchev–Trinajstić information content (AvgIpc) is 2.45. The number of nitrogens with two attached hydrogens (primary N) is 1. The van der Waals surface area contributed by atoms with Crippen LogP contribution in [-0.2, 0) is 11.2 Å². The summed E-state index contributed by atoms with van der Waals surface area (Å²) in [6, 6.07) is 10.7. The van der Waals surface area contributed by atoms with Crippen LogP contribution in [0.2, 0.25) is 0 Å². The van der Waals surface area contributed by atoms with Gasteiger partial charge in [0, 0.05) is 19.0 Å². The molecule has 0 spiro atoms. The molecule has 114 valence electrons. The molecule has 0 aliphatic carbocycles. The van der Waals surface area contributed by atoms with Gasteiger partial charge in [0.15, 0.2) is 0 Å². The summed E-state index contributed by atoms with van der Waals surface area (Å²) < 4.78 is 0. The summed E-state index contributed by atoms with van der Waals surface area (Å²) in [5.41, 5.74) is 6.77. The van der Waals surface area contributed by atoms with Crippen LogP contribution in [0.1, 0.15) is 38.7 Å². The minimum Gasteiger partial charge on any atom is -0.340 e. The summed E-state index contributed by atoms with van der Waals surface area (Å²) in [6.45, 7) is 5.55. The molecule has 1 aromatic carbocycles. The molecule has 1 rings (SSSR count). The van der Waals surface area contributed by atoms with Gasteiger partial charge in [-0.15, -0.1) is 12.4 Å². The van der Waals surface area contributed by atoms with Crippen LogP contribution in [0.25, 0.3) is 0 Å². The number of carbonyl (C=O) groups is 1. The Morgan fingerprint density at radius 3 is 2.40 bits per heavy atom. The molecule has 1 unspecified atom stereocenters. The number of hydrogen-bond acceptors (Lipinski definition) is 2. The highest BCUT2D eigenvalue weighted by Crippen LogP contribution is 2.13. The zero-order valence-corrected chi connectivity index (χ0v) is 13.4. The third kappa shape index (κ3) is 5.93. The first-order valence-electron chi connectivity index (χ1n) is 7.26. The van der Waals surface area contributed by atoms with Crippen molar-refractivity contribution in [3.05, 3.63) is 35.9 Å². The lowest BCUT2D eigenvalue weighted by molar-refractivity contribution is -0.133. The highest BCUT2D eigenvalue weighted by Gasteiger charge is 2.20. The molecule has 0 saturated carbocycles. The van der Waals surface area contributed by atoms with Crippen LogP contribution in [0.3, 0.4) is 0 Å². The van der Waals surface area contributed by atoms with Crippen molar-refractivity contribution >= 4 is 18.3 Å². The van der Waals surface area contributed by atoms with E-state index in [1.807, 2.05) is 17.9 Å². The highest BCUT2D eigenvalue weighted by molar-refractivity contribution is 5.85. The van der Waals surface area contributed by atoms with Gasteiger partial charge in [0.2, 0.25) is 5.91 Å². The standard InChI is InChI=1S/C16H26N2O.ClH/c1-3-15(13-14-9-6-5-7-10-14)18(4-2)16(19)11-8-12-17;/h5-7,9-10,15H,3-4,8,11-13,17H2,1-2H3;1H. The van der Waals surface area contributed by atoms with Crippen LogP contribution < -0.4 is 5.73 Å². The Hall–Kier alpha value is -1.06. The summed E-state index contributed by atoms with van der Waals surface area (Å²) in [5, 5.41) is 0. The van der Waals surface area contributed by atoms with Gasteiger partial charge in [-0.1, -0.05) is 37.3 Å². The zero-order chi connectivity index (χ0) is 14.1. The molecule has 1 amide bonds. The number of nitrogens with zero attached hydrogens (tertiary/aromatic N) is 1. The van der Waals surface area contributed by atoms with Gasteiger partial charge >= 0.3 is 0 Å². The molecule has 0 heterocycles. The molecule has 0 radical (unpaired) electrons. The molecule has 0 bridgehead atoms. The van der Waals surface area contributed by atoms with Crippen LogP contribution >= 0.6 is 12.4 Å². The minimum atomic E-state index is 0. The van der Waals surface area contributed by atoms with Crippen LogP contribution in [0.5, 0.6) is 0 Å². The predicted octanol–water partition coefficient (Wildman–Crippen LogP) is 3.02. The Kier molecular flexibility index (Phi) is 10.1. The molecular formula is C16H27ClN2O. The fourth-order valence-electron chi connectivity index (χ4n) is 2.40. The molecule has 0 aliphatic heterocycles. The van der Waals surface area contributed by atoms with Crippen molar-refractivity contribution in [2.24, 2.45) is 5.73 Å². The fraction of sp³-hybridized carbons (Fsp3) is 0.562. The predicted molar refractivity (Wildman–Crippen MR) is 87.1 cm³/mol. The van der Waals surface area contributed by atoms with Crippen molar-refractivity contribution < 1.29 is 4.79 Å². The summed E-state index contributed by atoms with van der Waals surface area (Å²) in [4.78, 5) is 14.2. The van der Waals surface area contributed by atoms with Gasteiger partial charge in [0.05, 0.1) is 0 Å². The third-order valence-corrected chi connectivity index (χ3v) is 3.48. The molecular weight excluding hydrogens is 272 g/mol. The maximum absolute atomic E-state index is 12.2. The van der Waals surface area contributed by atoms with E-state index in [1.165, 1.54) is 5.56 Å². The van der Waals surface area contributed by atoms with Gasteiger partial charge in [0.1, 0.15) is 0 Å². The summed E-state index contributed by atoms with van der Waals surface area (Å²) in [5.74, 6) is 0.232. The number of benzene rings is 1. The van der Waals surface area contributed by atoms with Crippen molar-refractivity contribution in [1.82, 2.24) is 4.90 Å². The van der Waals surface area contributed by atoms with Crippen LogP contribution in [0.15, 0.2) is 30.3 Å². The topological polar surface area (TPSA) is 46.3 Å². The number of halogens is 1. The molecule has 20 heavy (non-hydrogen) atoms. The van der Waals surface area contributed by atoms with Crippen LogP contribution in [0.4, 0.5) is 0 Å². The van der Waals surface area contributed by atoms with Crippen LogP contribution in [-0.4, -0.2) is 29.9 Å². The first kappa shape index (κ1) is 18.9. The number of likely N-dealkylation sites (N-methyl/N-ethyl adjacent to an activating group) is 1. The summed E-state index contributed by atoms with van der Waals surface area (Å²) in [6.07, 6.45) is 3.25. The number of carbonyl (C=O) groups excluding carboxylic acids is 1. The molecule has 2 N–H and O–H groups in total. The second-order valence-corrected chi connectivity index (χ2v) is 4.82. The van der Waals surface area contributed by atoms with E-state index in [-0.39, 0.29) is 24.4 Å². The van der Waals surface area contributed by atoms with E-state index in [0.29, 0.717) is 13.0 Å². The summed E-state index contributed by atoms with van der Waals surface area (Å²) >= 11 is 0. The van der Waals surface area contributed by atoms with Gasteiger partial charge in [-0.25, -0.2) is 0 Å². The van der Waals surface area contributed by atoms with Crippen molar-refractivity contribution in [3.8, 4) is 0 Å². The number of amides is 1.